The summed E-state index contributed by atoms with van der Waals surface area (Å²) in [7, 11) is -3.52. The summed E-state index contributed by atoms with van der Waals surface area (Å²) >= 11 is 0. The van der Waals surface area contributed by atoms with Crippen LogP contribution in [-0.4, -0.2) is 19.9 Å². The summed E-state index contributed by atoms with van der Waals surface area (Å²) in [6.07, 6.45) is 0.401. The van der Waals surface area contributed by atoms with Gasteiger partial charge in [-0.2, -0.15) is 0 Å². The van der Waals surface area contributed by atoms with Crippen molar-refractivity contribution in [2.24, 2.45) is 0 Å². The van der Waals surface area contributed by atoms with Crippen molar-refractivity contribution in [2.75, 3.05) is 6.54 Å². The number of benzene rings is 2. The number of hydrogen-bond acceptors (Lipinski definition) is 4. The number of aromatic nitrogens is 1. The molecular weight excluding hydrogens is 324 g/mol. The molecule has 1 aromatic heterocycles. The van der Waals surface area contributed by atoms with E-state index >= 15 is 0 Å². The van der Waals surface area contributed by atoms with Crippen LogP contribution in [0.4, 0.5) is 0 Å². The Hall–Kier alpha value is -2.18. The molecule has 2 aromatic carbocycles. The first kappa shape index (κ1) is 16.7. The van der Waals surface area contributed by atoms with Gasteiger partial charge in [0.2, 0.25) is 10.0 Å². The molecule has 0 aliphatic heterocycles. The van der Waals surface area contributed by atoms with Gasteiger partial charge in [-0.05, 0) is 35.7 Å². The first-order valence-corrected chi connectivity index (χ1v) is 9.38. The lowest BCUT2D eigenvalue weighted by Crippen LogP contribution is -2.26. The number of fused-ring (bicyclic) bond motifs is 1. The Morgan fingerprint density at radius 3 is 2.46 bits per heavy atom. The zero-order chi connectivity index (χ0) is 17.2. The largest absolute Gasteiger partial charge is 0.441 e. The second kappa shape index (κ2) is 6.75. The van der Waals surface area contributed by atoms with Gasteiger partial charge in [-0.15, -0.1) is 0 Å². The Morgan fingerprint density at radius 1 is 1.08 bits per heavy atom. The van der Waals surface area contributed by atoms with Gasteiger partial charge in [0, 0.05) is 13.0 Å². The van der Waals surface area contributed by atoms with Crippen LogP contribution in [0.1, 0.15) is 31.2 Å². The topological polar surface area (TPSA) is 72.2 Å². The van der Waals surface area contributed by atoms with Crippen molar-refractivity contribution in [1.82, 2.24) is 9.71 Å². The lowest BCUT2D eigenvalue weighted by Gasteiger charge is -2.08. The van der Waals surface area contributed by atoms with E-state index in [2.05, 4.69) is 23.6 Å². The highest BCUT2D eigenvalue weighted by molar-refractivity contribution is 7.89. The third-order valence-corrected chi connectivity index (χ3v) is 5.30. The quantitative estimate of drug-likeness (QED) is 0.743. The molecule has 1 N–H and O–H groups in total. The van der Waals surface area contributed by atoms with Gasteiger partial charge in [0.1, 0.15) is 5.52 Å². The molecule has 24 heavy (non-hydrogen) atoms. The monoisotopic (exact) mass is 344 g/mol. The molecule has 0 bridgehead atoms. The molecule has 0 saturated heterocycles. The van der Waals surface area contributed by atoms with Gasteiger partial charge in [0.15, 0.2) is 11.5 Å². The van der Waals surface area contributed by atoms with Crippen molar-refractivity contribution in [3.8, 4) is 0 Å². The van der Waals surface area contributed by atoms with Crippen molar-refractivity contribution in [1.29, 1.82) is 0 Å². The van der Waals surface area contributed by atoms with Crippen LogP contribution in [0, 0.1) is 0 Å². The summed E-state index contributed by atoms with van der Waals surface area (Å²) in [5.74, 6) is 0.892. The predicted octanol–water partition coefficient (Wildman–Crippen LogP) is 3.47. The summed E-state index contributed by atoms with van der Waals surface area (Å²) in [4.78, 5) is 4.60. The fourth-order valence-electron chi connectivity index (χ4n) is 2.43. The number of rotatable bonds is 6. The molecule has 0 spiro atoms. The number of nitrogens with one attached hydrogen (secondary N) is 1. The Labute approximate surface area is 141 Å². The highest BCUT2D eigenvalue weighted by atomic mass is 32.2. The van der Waals surface area contributed by atoms with Gasteiger partial charge in [-0.1, -0.05) is 38.1 Å². The summed E-state index contributed by atoms with van der Waals surface area (Å²) in [6.45, 7) is 4.38. The van der Waals surface area contributed by atoms with Gasteiger partial charge in [-0.25, -0.2) is 18.1 Å². The van der Waals surface area contributed by atoms with E-state index in [-0.39, 0.29) is 11.4 Å². The van der Waals surface area contributed by atoms with E-state index in [0.29, 0.717) is 23.8 Å². The van der Waals surface area contributed by atoms with Crippen LogP contribution in [0.15, 0.2) is 57.8 Å². The van der Waals surface area contributed by atoms with E-state index in [1.54, 1.807) is 12.1 Å². The molecular formula is C18H20N2O3S. The Kier molecular flexibility index (Phi) is 4.69. The molecule has 0 radical (unpaired) electrons. The maximum absolute atomic E-state index is 12.3. The third kappa shape index (κ3) is 3.66. The van der Waals surface area contributed by atoms with Gasteiger partial charge >= 0.3 is 0 Å². The smallest absolute Gasteiger partial charge is 0.240 e. The summed E-state index contributed by atoms with van der Waals surface area (Å²) in [5, 5.41) is 0. The molecule has 1 heterocycles. The molecule has 126 valence electrons. The van der Waals surface area contributed by atoms with Gasteiger partial charge < -0.3 is 4.42 Å². The third-order valence-electron chi connectivity index (χ3n) is 3.83. The van der Waals surface area contributed by atoms with Crippen molar-refractivity contribution in [3.05, 3.63) is 60.0 Å². The number of sulfonamides is 1. The minimum atomic E-state index is -3.52. The molecule has 3 aromatic rings. The lowest BCUT2D eigenvalue weighted by molar-refractivity contribution is 0.523. The standard InChI is InChI=1S/C18H20N2O3S/c1-13(2)14-7-9-15(10-8-14)24(21,22)19-12-11-18-20-16-5-3-4-6-17(16)23-18/h3-10,13,19H,11-12H2,1-2H3. The molecule has 0 aliphatic carbocycles. The number of para-hydroxylation sites is 2. The van der Waals surface area contributed by atoms with E-state index < -0.39 is 10.0 Å². The number of oxazole rings is 1. The summed E-state index contributed by atoms with van der Waals surface area (Å²) in [6, 6.07) is 14.4. The normalized spacial score (nSPS) is 12.1. The fraction of sp³-hybridized carbons (Fsp3) is 0.278. The van der Waals surface area contributed by atoms with E-state index in [9.17, 15) is 8.42 Å². The molecule has 6 heteroatoms. The second-order valence-electron chi connectivity index (χ2n) is 5.95. The highest BCUT2D eigenvalue weighted by Gasteiger charge is 2.14. The fourth-order valence-corrected chi connectivity index (χ4v) is 3.47. The lowest BCUT2D eigenvalue weighted by atomic mass is 10.0. The molecule has 5 nitrogen and oxygen atoms in total. The first-order valence-electron chi connectivity index (χ1n) is 7.90. The van der Waals surface area contributed by atoms with Gasteiger partial charge in [0.25, 0.3) is 0 Å². The van der Waals surface area contributed by atoms with E-state index in [4.69, 9.17) is 4.42 Å². The predicted molar refractivity (Wildman–Crippen MR) is 93.4 cm³/mol. The van der Waals surface area contributed by atoms with Crippen molar-refractivity contribution >= 4 is 21.1 Å². The van der Waals surface area contributed by atoms with Crippen molar-refractivity contribution < 1.29 is 12.8 Å². The highest BCUT2D eigenvalue weighted by Crippen LogP contribution is 2.18. The second-order valence-corrected chi connectivity index (χ2v) is 7.71. The number of hydrogen-bond donors (Lipinski definition) is 1. The molecule has 0 unspecified atom stereocenters. The molecule has 0 aliphatic rings. The zero-order valence-electron chi connectivity index (χ0n) is 13.7. The molecule has 0 amide bonds. The van der Waals surface area contributed by atoms with Crippen LogP contribution >= 0.6 is 0 Å². The summed E-state index contributed by atoms with van der Waals surface area (Å²) in [5.41, 5.74) is 2.60. The average Bonchev–Trinajstić information content (AvgIpc) is 2.97. The minimum absolute atomic E-state index is 0.237. The van der Waals surface area contributed by atoms with Crippen LogP contribution in [0.3, 0.4) is 0 Å². The van der Waals surface area contributed by atoms with E-state index in [1.807, 2.05) is 36.4 Å². The van der Waals surface area contributed by atoms with Crippen molar-refractivity contribution in [3.63, 3.8) is 0 Å². The maximum atomic E-state index is 12.3. The first-order chi connectivity index (χ1) is 11.5. The molecule has 3 rings (SSSR count). The zero-order valence-corrected chi connectivity index (χ0v) is 14.5. The Balaban J connectivity index is 1.64. The Morgan fingerprint density at radius 2 is 1.79 bits per heavy atom. The summed E-state index contributed by atoms with van der Waals surface area (Å²) < 4.78 is 32.8. The van der Waals surface area contributed by atoms with Gasteiger partial charge in [-0.3, -0.25) is 0 Å². The minimum Gasteiger partial charge on any atom is -0.441 e. The van der Waals surface area contributed by atoms with E-state index in [1.165, 1.54) is 0 Å². The van der Waals surface area contributed by atoms with Crippen LogP contribution in [0.5, 0.6) is 0 Å². The SMILES string of the molecule is CC(C)c1ccc(S(=O)(=O)NCCc2nc3ccccc3o2)cc1. The van der Waals surface area contributed by atoms with Crippen LogP contribution in [0.2, 0.25) is 0 Å². The van der Waals surface area contributed by atoms with Crippen LogP contribution in [0.25, 0.3) is 11.1 Å². The molecule has 0 saturated carbocycles. The van der Waals surface area contributed by atoms with Crippen LogP contribution in [-0.2, 0) is 16.4 Å². The van der Waals surface area contributed by atoms with Gasteiger partial charge in [0.05, 0.1) is 4.90 Å². The van der Waals surface area contributed by atoms with Crippen LogP contribution < -0.4 is 4.72 Å². The molecule has 0 fully saturated rings. The average molecular weight is 344 g/mol. The van der Waals surface area contributed by atoms with Crippen molar-refractivity contribution in [2.45, 2.75) is 31.1 Å². The number of nitrogens with zero attached hydrogens (tertiary/aromatic N) is 1. The molecule has 0 atom stereocenters. The maximum Gasteiger partial charge on any atom is 0.240 e. The Bertz CT molecular complexity index is 895. The van der Waals surface area contributed by atoms with E-state index in [0.717, 1.165) is 11.1 Å².